The second-order valence-electron chi connectivity index (χ2n) is 4.91. The number of halogens is 3. The largest absolute Gasteiger partial charge is 0.470 e. The van der Waals surface area contributed by atoms with Crippen molar-refractivity contribution in [1.82, 2.24) is 25.2 Å². The second-order valence-corrected chi connectivity index (χ2v) is 5.30. The number of aryl methyl sites for hydroxylation is 1. The lowest BCUT2D eigenvalue weighted by atomic mass is 10.1. The van der Waals surface area contributed by atoms with Gasteiger partial charge in [0, 0.05) is 24.2 Å². The SMILES string of the molecule is Cn1nnc(-c2ccc(C(F)F)cc2)c1COc1ccc(Cl)nn1. The molecule has 0 saturated carbocycles. The van der Waals surface area contributed by atoms with Gasteiger partial charge in [0.1, 0.15) is 18.0 Å². The summed E-state index contributed by atoms with van der Waals surface area (Å²) in [6.45, 7) is 0.145. The monoisotopic (exact) mass is 351 g/mol. The Kier molecular flexibility index (Phi) is 4.66. The number of hydrogen-bond donors (Lipinski definition) is 0. The molecule has 0 aliphatic heterocycles. The van der Waals surface area contributed by atoms with Crippen molar-refractivity contribution in [3.63, 3.8) is 0 Å². The van der Waals surface area contributed by atoms with Crippen LogP contribution >= 0.6 is 11.6 Å². The van der Waals surface area contributed by atoms with E-state index in [1.54, 1.807) is 36.0 Å². The molecule has 0 radical (unpaired) electrons. The number of rotatable bonds is 5. The van der Waals surface area contributed by atoms with Gasteiger partial charge in [-0.05, 0) is 6.07 Å². The molecule has 9 heteroatoms. The van der Waals surface area contributed by atoms with Crippen LogP contribution in [-0.2, 0) is 13.7 Å². The Labute approximate surface area is 141 Å². The lowest BCUT2D eigenvalue weighted by Gasteiger charge is -2.07. The van der Waals surface area contributed by atoms with Crippen LogP contribution in [0.15, 0.2) is 36.4 Å². The van der Waals surface area contributed by atoms with Gasteiger partial charge in [-0.1, -0.05) is 41.1 Å². The van der Waals surface area contributed by atoms with E-state index in [-0.39, 0.29) is 17.3 Å². The maximum Gasteiger partial charge on any atom is 0.263 e. The molecule has 0 unspecified atom stereocenters. The molecule has 6 nitrogen and oxygen atoms in total. The molecular weight excluding hydrogens is 340 g/mol. The van der Waals surface area contributed by atoms with Gasteiger partial charge in [-0.15, -0.1) is 15.3 Å². The van der Waals surface area contributed by atoms with Crippen LogP contribution in [0.3, 0.4) is 0 Å². The fraction of sp³-hybridized carbons (Fsp3) is 0.200. The molecule has 0 aliphatic rings. The van der Waals surface area contributed by atoms with E-state index in [2.05, 4.69) is 20.5 Å². The highest BCUT2D eigenvalue weighted by Gasteiger charge is 2.15. The van der Waals surface area contributed by atoms with E-state index in [9.17, 15) is 8.78 Å². The summed E-state index contributed by atoms with van der Waals surface area (Å²) in [5, 5.41) is 15.8. The third-order valence-electron chi connectivity index (χ3n) is 3.34. The first kappa shape index (κ1) is 16.3. The predicted octanol–water partition coefficient (Wildman–Crippen LogP) is 3.44. The van der Waals surface area contributed by atoms with Crippen LogP contribution < -0.4 is 4.74 Å². The van der Waals surface area contributed by atoms with E-state index in [0.29, 0.717) is 22.8 Å². The number of aromatic nitrogens is 5. The molecule has 0 amide bonds. The van der Waals surface area contributed by atoms with Crippen LogP contribution in [0.4, 0.5) is 8.78 Å². The third-order valence-corrected chi connectivity index (χ3v) is 3.54. The minimum atomic E-state index is -2.51. The fourth-order valence-electron chi connectivity index (χ4n) is 2.07. The normalized spacial score (nSPS) is 11.0. The number of ether oxygens (including phenoxy) is 1. The van der Waals surface area contributed by atoms with E-state index < -0.39 is 6.43 Å². The minimum Gasteiger partial charge on any atom is -0.470 e. The van der Waals surface area contributed by atoms with Crippen molar-refractivity contribution in [1.29, 1.82) is 0 Å². The molecule has 0 atom stereocenters. The van der Waals surface area contributed by atoms with Crippen LogP contribution in [0.25, 0.3) is 11.3 Å². The Balaban J connectivity index is 1.81. The van der Waals surface area contributed by atoms with Crippen molar-refractivity contribution < 1.29 is 13.5 Å². The molecule has 2 aromatic heterocycles. The van der Waals surface area contributed by atoms with Crippen molar-refractivity contribution in [3.8, 4) is 17.1 Å². The molecular formula is C15H12ClF2N5O. The van der Waals surface area contributed by atoms with Gasteiger partial charge in [-0.2, -0.15) is 0 Å². The predicted molar refractivity (Wildman–Crippen MR) is 82.8 cm³/mol. The summed E-state index contributed by atoms with van der Waals surface area (Å²) in [5.74, 6) is 0.305. The maximum absolute atomic E-state index is 12.6. The summed E-state index contributed by atoms with van der Waals surface area (Å²) in [5.41, 5.74) is 1.86. The molecule has 124 valence electrons. The highest BCUT2D eigenvalue weighted by atomic mass is 35.5. The molecule has 2 heterocycles. The van der Waals surface area contributed by atoms with Crippen LogP contribution in [-0.4, -0.2) is 25.2 Å². The van der Waals surface area contributed by atoms with E-state index >= 15 is 0 Å². The van der Waals surface area contributed by atoms with Crippen molar-refractivity contribution in [3.05, 3.63) is 52.8 Å². The Hall–Kier alpha value is -2.61. The zero-order valence-electron chi connectivity index (χ0n) is 12.5. The molecule has 0 spiro atoms. The zero-order valence-corrected chi connectivity index (χ0v) is 13.3. The van der Waals surface area contributed by atoms with Crippen molar-refractivity contribution >= 4 is 11.6 Å². The average Bonchev–Trinajstić information content (AvgIpc) is 2.95. The van der Waals surface area contributed by atoms with Gasteiger partial charge in [-0.25, -0.2) is 13.5 Å². The topological polar surface area (TPSA) is 65.7 Å². The molecule has 0 saturated heterocycles. The molecule has 3 rings (SSSR count). The molecule has 0 N–H and O–H groups in total. The fourth-order valence-corrected chi connectivity index (χ4v) is 2.17. The molecule has 24 heavy (non-hydrogen) atoms. The van der Waals surface area contributed by atoms with Gasteiger partial charge >= 0.3 is 0 Å². The molecule has 1 aromatic carbocycles. The van der Waals surface area contributed by atoms with E-state index in [0.717, 1.165) is 0 Å². The Morgan fingerprint density at radius 2 is 1.83 bits per heavy atom. The van der Waals surface area contributed by atoms with E-state index in [1.807, 2.05) is 0 Å². The zero-order chi connectivity index (χ0) is 17.1. The van der Waals surface area contributed by atoms with Crippen LogP contribution in [0.1, 0.15) is 17.7 Å². The lowest BCUT2D eigenvalue weighted by Crippen LogP contribution is -2.05. The van der Waals surface area contributed by atoms with Crippen molar-refractivity contribution in [2.75, 3.05) is 0 Å². The van der Waals surface area contributed by atoms with Crippen LogP contribution in [0.5, 0.6) is 5.88 Å². The first-order valence-electron chi connectivity index (χ1n) is 6.93. The van der Waals surface area contributed by atoms with Gasteiger partial charge in [0.05, 0.1) is 0 Å². The van der Waals surface area contributed by atoms with Gasteiger partial charge in [0.2, 0.25) is 5.88 Å². The van der Waals surface area contributed by atoms with Gasteiger partial charge in [0.25, 0.3) is 6.43 Å². The summed E-state index contributed by atoms with van der Waals surface area (Å²) < 4.78 is 32.4. The Bertz CT molecular complexity index is 821. The van der Waals surface area contributed by atoms with Gasteiger partial charge in [-0.3, -0.25) is 0 Å². The minimum absolute atomic E-state index is 0.0446. The number of hydrogen-bond acceptors (Lipinski definition) is 5. The van der Waals surface area contributed by atoms with Gasteiger partial charge in [0.15, 0.2) is 5.15 Å². The smallest absolute Gasteiger partial charge is 0.263 e. The number of benzene rings is 1. The second kappa shape index (κ2) is 6.88. The maximum atomic E-state index is 12.6. The molecule has 0 fully saturated rings. The standard InChI is InChI=1S/C15H12ClF2N5O/c1-23-11(8-24-13-7-6-12(16)19-20-13)14(21-22-23)9-2-4-10(5-3-9)15(17)18/h2-7,15H,8H2,1H3. The Morgan fingerprint density at radius 3 is 2.46 bits per heavy atom. The Morgan fingerprint density at radius 1 is 1.08 bits per heavy atom. The first-order valence-corrected chi connectivity index (χ1v) is 7.31. The number of nitrogens with zero attached hydrogens (tertiary/aromatic N) is 5. The summed E-state index contributed by atoms with van der Waals surface area (Å²) in [7, 11) is 1.72. The van der Waals surface area contributed by atoms with Crippen LogP contribution in [0, 0.1) is 0 Å². The summed E-state index contributed by atoms with van der Waals surface area (Å²) in [6.07, 6.45) is -2.51. The van der Waals surface area contributed by atoms with Crippen molar-refractivity contribution in [2.45, 2.75) is 13.0 Å². The van der Waals surface area contributed by atoms with E-state index in [1.165, 1.54) is 12.1 Å². The first-order chi connectivity index (χ1) is 11.5. The summed E-state index contributed by atoms with van der Waals surface area (Å²) in [4.78, 5) is 0. The van der Waals surface area contributed by atoms with Crippen LogP contribution in [0.2, 0.25) is 5.15 Å². The summed E-state index contributed by atoms with van der Waals surface area (Å²) >= 11 is 5.67. The van der Waals surface area contributed by atoms with E-state index in [4.69, 9.17) is 16.3 Å². The highest BCUT2D eigenvalue weighted by molar-refractivity contribution is 6.29. The third kappa shape index (κ3) is 3.48. The quantitative estimate of drug-likeness (QED) is 0.704. The van der Waals surface area contributed by atoms with Gasteiger partial charge < -0.3 is 4.74 Å². The highest BCUT2D eigenvalue weighted by Crippen LogP contribution is 2.25. The summed E-state index contributed by atoms with van der Waals surface area (Å²) in [6, 6.07) is 9.05. The van der Waals surface area contributed by atoms with Crippen molar-refractivity contribution in [2.24, 2.45) is 7.05 Å². The number of alkyl halides is 2. The molecule has 3 aromatic rings. The molecule has 0 bridgehead atoms. The lowest BCUT2D eigenvalue weighted by molar-refractivity contribution is 0.151. The average molecular weight is 352 g/mol. The molecule has 0 aliphatic carbocycles.